The number of thioether (sulfide) groups is 1. The number of nitrogens with zero attached hydrogens (tertiary/aromatic N) is 2. The molecule has 0 saturated heterocycles. The molecule has 0 bridgehead atoms. The molecule has 4 nitrogen and oxygen atoms in total. The third kappa shape index (κ3) is 4.37. The molecule has 4 aromatic rings. The Kier molecular flexibility index (Phi) is 5.88. The molecular weight excluding hydrogens is 404 g/mol. The second-order valence-corrected chi connectivity index (χ2v) is 9.40. The van der Waals surface area contributed by atoms with Gasteiger partial charge in [-0.1, -0.05) is 81.1 Å². The van der Waals surface area contributed by atoms with Crippen LogP contribution in [0.25, 0.3) is 16.6 Å². The van der Waals surface area contributed by atoms with E-state index in [-0.39, 0.29) is 11.0 Å². The van der Waals surface area contributed by atoms with Gasteiger partial charge in [-0.2, -0.15) is 0 Å². The predicted octanol–water partition coefficient (Wildman–Crippen LogP) is 5.98. The normalized spacial score (nSPS) is 11.6. The van der Waals surface area contributed by atoms with E-state index < -0.39 is 0 Å². The minimum Gasteiger partial charge on any atom is -0.495 e. The van der Waals surface area contributed by atoms with Gasteiger partial charge in [0.15, 0.2) is 5.16 Å². The first kappa shape index (κ1) is 21.2. The lowest BCUT2D eigenvalue weighted by Crippen LogP contribution is -2.22. The number of hydrogen-bond acceptors (Lipinski definition) is 4. The average molecular weight is 431 g/mol. The summed E-state index contributed by atoms with van der Waals surface area (Å²) < 4.78 is 7.19. The van der Waals surface area contributed by atoms with Crippen LogP contribution in [0.15, 0.2) is 82.7 Å². The summed E-state index contributed by atoms with van der Waals surface area (Å²) in [5.74, 6) is 1.35. The summed E-state index contributed by atoms with van der Waals surface area (Å²) in [4.78, 5) is 18.3. The molecule has 31 heavy (non-hydrogen) atoms. The maximum atomic E-state index is 13.4. The van der Waals surface area contributed by atoms with Crippen LogP contribution in [0.1, 0.15) is 31.9 Å². The highest BCUT2D eigenvalue weighted by Gasteiger charge is 2.17. The number of para-hydroxylation sites is 3. The average Bonchev–Trinajstić information content (AvgIpc) is 2.77. The Morgan fingerprint density at radius 1 is 0.935 bits per heavy atom. The van der Waals surface area contributed by atoms with Crippen LogP contribution in [-0.2, 0) is 11.2 Å². The molecule has 0 atom stereocenters. The number of rotatable bonds is 5. The van der Waals surface area contributed by atoms with Crippen molar-refractivity contribution in [2.24, 2.45) is 0 Å². The fourth-order valence-electron chi connectivity index (χ4n) is 3.48. The molecular formula is C26H26N2O2S. The number of ether oxygens (including phenoxy) is 1. The Hall–Kier alpha value is -3.05. The van der Waals surface area contributed by atoms with Gasteiger partial charge in [0.1, 0.15) is 5.75 Å². The molecule has 3 aromatic carbocycles. The fraction of sp³-hybridized carbons (Fsp3) is 0.231. The summed E-state index contributed by atoms with van der Waals surface area (Å²) in [5.41, 5.74) is 3.90. The van der Waals surface area contributed by atoms with Gasteiger partial charge in [-0.05, 0) is 40.8 Å². The lowest BCUT2D eigenvalue weighted by atomic mass is 9.87. The van der Waals surface area contributed by atoms with E-state index in [1.165, 1.54) is 11.1 Å². The summed E-state index contributed by atoms with van der Waals surface area (Å²) in [6.07, 6.45) is 0. The zero-order valence-corrected chi connectivity index (χ0v) is 19.1. The molecule has 0 radical (unpaired) electrons. The van der Waals surface area contributed by atoms with E-state index in [0.717, 1.165) is 0 Å². The van der Waals surface area contributed by atoms with Crippen molar-refractivity contribution in [3.63, 3.8) is 0 Å². The third-order valence-corrected chi connectivity index (χ3v) is 6.27. The maximum Gasteiger partial charge on any atom is 0.266 e. The van der Waals surface area contributed by atoms with Crippen molar-refractivity contribution in [2.45, 2.75) is 37.1 Å². The second-order valence-electron chi connectivity index (χ2n) is 8.46. The van der Waals surface area contributed by atoms with Gasteiger partial charge in [-0.3, -0.25) is 9.36 Å². The van der Waals surface area contributed by atoms with Gasteiger partial charge in [-0.15, -0.1) is 0 Å². The highest BCUT2D eigenvalue weighted by Crippen LogP contribution is 2.29. The first-order valence-corrected chi connectivity index (χ1v) is 11.2. The van der Waals surface area contributed by atoms with Crippen LogP contribution in [0.4, 0.5) is 0 Å². The Labute approximate surface area is 186 Å². The molecule has 0 unspecified atom stereocenters. The van der Waals surface area contributed by atoms with Crippen molar-refractivity contribution < 1.29 is 4.74 Å². The van der Waals surface area contributed by atoms with Gasteiger partial charge in [0.2, 0.25) is 0 Å². The van der Waals surface area contributed by atoms with Crippen LogP contribution < -0.4 is 10.3 Å². The Morgan fingerprint density at radius 3 is 2.32 bits per heavy atom. The Balaban J connectivity index is 1.77. The quantitative estimate of drug-likeness (QED) is 0.288. The van der Waals surface area contributed by atoms with Crippen LogP contribution in [0, 0.1) is 0 Å². The predicted molar refractivity (Wildman–Crippen MR) is 129 cm³/mol. The van der Waals surface area contributed by atoms with Crippen molar-refractivity contribution >= 4 is 22.7 Å². The van der Waals surface area contributed by atoms with Gasteiger partial charge in [0.25, 0.3) is 5.56 Å². The SMILES string of the molecule is COc1ccccc1-n1c(SCc2ccc(C(C)(C)C)cc2)nc2ccccc2c1=O. The monoisotopic (exact) mass is 430 g/mol. The van der Waals surface area contributed by atoms with Gasteiger partial charge < -0.3 is 4.74 Å². The number of hydrogen-bond donors (Lipinski definition) is 0. The van der Waals surface area contributed by atoms with Gasteiger partial charge in [0, 0.05) is 5.75 Å². The first-order valence-electron chi connectivity index (χ1n) is 10.3. The zero-order valence-electron chi connectivity index (χ0n) is 18.3. The van der Waals surface area contributed by atoms with Crippen molar-refractivity contribution in [1.29, 1.82) is 0 Å². The van der Waals surface area contributed by atoms with Crippen LogP contribution in [-0.4, -0.2) is 16.7 Å². The second kappa shape index (κ2) is 8.60. The smallest absolute Gasteiger partial charge is 0.266 e. The van der Waals surface area contributed by atoms with E-state index in [0.29, 0.717) is 33.2 Å². The lowest BCUT2D eigenvalue weighted by molar-refractivity contribution is 0.411. The summed E-state index contributed by atoms with van der Waals surface area (Å²) in [5, 5.41) is 1.24. The third-order valence-electron chi connectivity index (χ3n) is 5.26. The van der Waals surface area contributed by atoms with E-state index in [1.54, 1.807) is 23.4 Å². The molecule has 1 heterocycles. The van der Waals surface area contributed by atoms with E-state index in [9.17, 15) is 4.79 Å². The van der Waals surface area contributed by atoms with Crippen molar-refractivity contribution in [2.75, 3.05) is 7.11 Å². The van der Waals surface area contributed by atoms with Gasteiger partial charge >= 0.3 is 0 Å². The maximum absolute atomic E-state index is 13.4. The van der Waals surface area contributed by atoms with Crippen LogP contribution >= 0.6 is 11.8 Å². The molecule has 0 spiro atoms. The van der Waals surface area contributed by atoms with Crippen molar-refractivity contribution in [3.8, 4) is 11.4 Å². The summed E-state index contributed by atoms with van der Waals surface area (Å²) >= 11 is 1.55. The highest BCUT2D eigenvalue weighted by molar-refractivity contribution is 7.98. The molecule has 158 valence electrons. The zero-order chi connectivity index (χ0) is 22.0. The van der Waals surface area contributed by atoms with Crippen LogP contribution in [0.5, 0.6) is 5.75 Å². The Bertz CT molecular complexity index is 1270. The lowest BCUT2D eigenvalue weighted by Gasteiger charge is -2.19. The molecule has 0 amide bonds. The number of methoxy groups -OCH3 is 1. The van der Waals surface area contributed by atoms with E-state index in [2.05, 4.69) is 45.0 Å². The molecule has 0 saturated carbocycles. The van der Waals surface area contributed by atoms with E-state index >= 15 is 0 Å². The van der Waals surface area contributed by atoms with E-state index in [4.69, 9.17) is 9.72 Å². The van der Waals surface area contributed by atoms with Gasteiger partial charge in [0.05, 0.1) is 23.7 Å². The molecule has 0 fully saturated rings. The molecule has 0 N–H and O–H groups in total. The fourth-order valence-corrected chi connectivity index (χ4v) is 4.45. The van der Waals surface area contributed by atoms with Crippen molar-refractivity contribution in [3.05, 3.63) is 94.3 Å². The minimum absolute atomic E-state index is 0.0966. The summed E-state index contributed by atoms with van der Waals surface area (Å²) in [6, 6.07) is 23.7. The van der Waals surface area contributed by atoms with Gasteiger partial charge in [-0.25, -0.2) is 4.98 Å². The first-order chi connectivity index (χ1) is 14.9. The summed E-state index contributed by atoms with van der Waals surface area (Å²) in [7, 11) is 1.61. The summed E-state index contributed by atoms with van der Waals surface area (Å²) in [6.45, 7) is 6.63. The highest BCUT2D eigenvalue weighted by atomic mass is 32.2. The molecule has 0 aliphatic rings. The molecule has 1 aromatic heterocycles. The van der Waals surface area contributed by atoms with Crippen LogP contribution in [0.3, 0.4) is 0 Å². The number of fused-ring (bicyclic) bond motifs is 1. The molecule has 0 aliphatic carbocycles. The molecule has 5 heteroatoms. The standard InChI is InChI=1S/C26H26N2O2S/c1-26(2,3)19-15-13-18(14-16-19)17-31-25-27-21-10-6-5-9-20(21)24(29)28(25)22-11-7-8-12-23(22)30-4/h5-16H,17H2,1-4H3. The number of aromatic nitrogens is 2. The largest absolute Gasteiger partial charge is 0.495 e. The topological polar surface area (TPSA) is 44.1 Å². The van der Waals surface area contributed by atoms with Crippen LogP contribution in [0.2, 0.25) is 0 Å². The van der Waals surface area contributed by atoms with E-state index in [1.807, 2.05) is 48.5 Å². The van der Waals surface area contributed by atoms with Crippen molar-refractivity contribution in [1.82, 2.24) is 9.55 Å². The Morgan fingerprint density at radius 2 is 1.61 bits per heavy atom. The number of benzene rings is 3. The molecule has 0 aliphatic heterocycles. The minimum atomic E-state index is -0.0966. The molecule has 4 rings (SSSR count).